The standard InChI is InChI=1S/C23H27FN4O5S/c1-13-21(27-18-8-7-16(11-17(18)24)34(2,30)31)25-12-26-22(13)33-20-10-14-6-9-19(20)28(14)23(29)32-15-4-3-5-15/h7-8,11-12,14-15,19-20H,3-6,9-10H2,1-2H3,(H,25,26,27). The van der Waals surface area contributed by atoms with E-state index in [1.54, 1.807) is 6.92 Å². The number of amides is 1. The van der Waals surface area contributed by atoms with Crippen molar-refractivity contribution in [2.45, 2.75) is 74.6 Å². The second-order valence-electron chi connectivity index (χ2n) is 9.23. The average Bonchev–Trinajstić information content (AvgIpc) is 3.32. The molecule has 2 aromatic rings. The minimum atomic E-state index is -3.51. The molecule has 3 aliphatic rings. The van der Waals surface area contributed by atoms with E-state index in [9.17, 15) is 17.6 Å². The fraction of sp³-hybridized carbons (Fsp3) is 0.522. The molecule has 3 unspecified atom stereocenters. The molecule has 1 amide bonds. The van der Waals surface area contributed by atoms with E-state index in [2.05, 4.69) is 15.3 Å². The van der Waals surface area contributed by atoms with Gasteiger partial charge in [0.15, 0.2) is 9.84 Å². The fourth-order valence-electron chi connectivity index (χ4n) is 4.81. The minimum absolute atomic E-state index is 0.0384. The van der Waals surface area contributed by atoms with Crippen molar-refractivity contribution in [2.75, 3.05) is 11.6 Å². The zero-order valence-electron chi connectivity index (χ0n) is 19.0. The van der Waals surface area contributed by atoms with E-state index in [0.29, 0.717) is 23.7 Å². The van der Waals surface area contributed by atoms with E-state index >= 15 is 0 Å². The molecule has 2 aliphatic heterocycles. The van der Waals surface area contributed by atoms with Crippen molar-refractivity contribution in [3.8, 4) is 5.88 Å². The summed E-state index contributed by atoms with van der Waals surface area (Å²) in [7, 11) is -3.51. The molecule has 3 heterocycles. The summed E-state index contributed by atoms with van der Waals surface area (Å²) in [5, 5.41) is 2.89. The number of sulfone groups is 1. The molecular formula is C23H27FN4O5S. The van der Waals surface area contributed by atoms with Crippen LogP contribution in [-0.4, -0.2) is 59.9 Å². The molecule has 3 atom stereocenters. The van der Waals surface area contributed by atoms with Crippen molar-refractivity contribution >= 4 is 27.4 Å². The quantitative estimate of drug-likeness (QED) is 0.652. The Morgan fingerprint density at radius 3 is 2.68 bits per heavy atom. The molecule has 9 nitrogen and oxygen atoms in total. The van der Waals surface area contributed by atoms with Crippen molar-refractivity contribution in [1.82, 2.24) is 14.9 Å². The maximum Gasteiger partial charge on any atom is 0.410 e. The van der Waals surface area contributed by atoms with Gasteiger partial charge in [0, 0.05) is 18.7 Å². The van der Waals surface area contributed by atoms with Gasteiger partial charge in [0.2, 0.25) is 5.88 Å². The molecule has 2 saturated heterocycles. The Balaban J connectivity index is 1.29. The smallest absolute Gasteiger partial charge is 0.410 e. The highest BCUT2D eigenvalue weighted by atomic mass is 32.2. The lowest BCUT2D eigenvalue weighted by Crippen LogP contribution is -2.42. The fourth-order valence-corrected chi connectivity index (χ4v) is 5.45. The van der Waals surface area contributed by atoms with Gasteiger partial charge in [0.1, 0.15) is 30.2 Å². The Bertz CT molecular complexity index is 1220. The van der Waals surface area contributed by atoms with Crippen LogP contribution in [0.15, 0.2) is 29.4 Å². The monoisotopic (exact) mass is 490 g/mol. The maximum absolute atomic E-state index is 14.5. The normalized spacial score (nSPS) is 24.1. The topological polar surface area (TPSA) is 111 Å². The molecule has 0 radical (unpaired) electrons. The lowest BCUT2D eigenvalue weighted by molar-refractivity contribution is 0.0202. The lowest BCUT2D eigenvalue weighted by atomic mass is 9.96. The van der Waals surface area contributed by atoms with Gasteiger partial charge in [-0.25, -0.2) is 27.6 Å². The highest BCUT2D eigenvalue weighted by Gasteiger charge is 2.51. The van der Waals surface area contributed by atoms with E-state index in [4.69, 9.17) is 9.47 Å². The van der Waals surface area contributed by atoms with Crippen LogP contribution in [0.4, 0.5) is 20.7 Å². The minimum Gasteiger partial charge on any atom is -0.472 e. The third-order valence-electron chi connectivity index (χ3n) is 6.93. The molecule has 0 spiro atoms. The van der Waals surface area contributed by atoms with Crippen molar-refractivity contribution in [2.24, 2.45) is 0 Å². The lowest BCUT2D eigenvalue weighted by Gasteiger charge is -2.30. The van der Waals surface area contributed by atoms with E-state index in [1.807, 2.05) is 4.90 Å². The SMILES string of the molecule is Cc1c(Nc2ccc(S(C)(=O)=O)cc2F)ncnc1OC1CC2CCC1N2C(=O)OC1CCC1. The third-order valence-corrected chi connectivity index (χ3v) is 8.04. The molecule has 3 fully saturated rings. The van der Waals surface area contributed by atoms with Gasteiger partial charge in [-0.2, -0.15) is 0 Å². The van der Waals surface area contributed by atoms with E-state index in [-0.39, 0.29) is 41.0 Å². The number of benzene rings is 1. The first-order chi connectivity index (χ1) is 16.2. The first kappa shape index (κ1) is 22.8. The number of hydrogen-bond acceptors (Lipinski definition) is 8. The molecule has 1 aromatic carbocycles. The van der Waals surface area contributed by atoms with E-state index < -0.39 is 15.7 Å². The number of carbonyl (C=O) groups is 1. The summed E-state index contributed by atoms with van der Waals surface area (Å²) in [5.74, 6) is -0.00642. The molecule has 5 rings (SSSR count). The summed E-state index contributed by atoms with van der Waals surface area (Å²) in [6, 6.07) is 3.70. The molecule has 34 heavy (non-hydrogen) atoms. The van der Waals surface area contributed by atoms with Crippen LogP contribution < -0.4 is 10.1 Å². The molecule has 11 heteroatoms. The molecule has 1 aliphatic carbocycles. The molecule has 1 N–H and O–H groups in total. The number of nitrogens with zero attached hydrogens (tertiary/aromatic N) is 3. The van der Waals surface area contributed by atoms with Crippen molar-refractivity contribution < 1.29 is 27.1 Å². The predicted molar refractivity (Wildman–Crippen MR) is 121 cm³/mol. The molecular weight excluding hydrogens is 463 g/mol. The Labute approximate surface area is 197 Å². The van der Waals surface area contributed by atoms with Gasteiger partial charge >= 0.3 is 6.09 Å². The van der Waals surface area contributed by atoms with Crippen LogP contribution >= 0.6 is 0 Å². The highest BCUT2D eigenvalue weighted by molar-refractivity contribution is 7.90. The van der Waals surface area contributed by atoms with Gasteiger partial charge in [0.25, 0.3) is 0 Å². The van der Waals surface area contributed by atoms with Crippen LogP contribution in [0.5, 0.6) is 5.88 Å². The van der Waals surface area contributed by atoms with Crippen LogP contribution in [0, 0.1) is 12.7 Å². The number of aromatic nitrogens is 2. The van der Waals surface area contributed by atoms with Gasteiger partial charge in [-0.05, 0) is 57.2 Å². The summed E-state index contributed by atoms with van der Waals surface area (Å²) in [6.07, 6.45) is 7.38. The van der Waals surface area contributed by atoms with Gasteiger partial charge < -0.3 is 14.8 Å². The summed E-state index contributed by atoms with van der Waals surface area (Å²) in [4.78, 5) is 22.9. The number of carbonyl (C=O) groups excluding carboxylic acids is 1. The van der Waals surface area contributed by atoms with E-state index in [1.165, 1.54) is 18.5 Å². The molecule has 182 valence electrons. The van der Waals surface area contributed by atoms with Crippen molar-refractivity contribution in [1.29, 1.82) is 0 Å². The summed E-state index contributed by atoms with van der Waals surface area (Å²) in [6.45, 7) is 1.76. The first-order valence-electron chi connectivity index (χ1n) is 11.4. The second kappa shape index (κ2) is 8.68. The Morgan fingerprint density at radius 1 is 1.21 bits per heavy atom. The second-order valence-corrected chi connectivity index (χ2v) is 11.2. The van der Waals surface area contributed by atoms with Gasteiger partial charge in [-0.15, -0.1) is 0 Å². The predicted octanol–water partition coefficient (Wildman–Crippen LogP) is 3.74. The summed E-state index contributed by atoms with van der Waals surface area (Å²) < 4.78 is 49.7. The van der Waals surface area contributed by atoms with Crippen LogP contribution in [0.2, 0.25) is 0 Å². The number of fused-ring (bicyclic) bond motifs is 2. The molecule has 1 saturated carbocycles. The van der Waals surface area contributed by atoms with Crippen LogP contribution in [0.3, 0.4) is 0 Å². The Kier molecular flexibility index (Phi) is 5.83. The van der Waals surface area contributed by atoms with Gasteiger partial charge in [0.05, 0.1) is 22.2 Å². The largest absolute Gasteiger partial charge is 0.472 e. The zero-order valence-corrected chi connectivity index (χ0v) is 19.8. The molecule has 1 aromatic heterocycles. The number of nitrogens with one attached hydrogen (secondary N) is 1. The number of rotatable bonds is 6. The first-order valence-corrected chi connectivity index (χ1v) is 13.3. The Morgan fingerprint density at radius 2 is 2.00 bits per heavy atom. The highest BCUT2D eigenvalue weighted by Crippen LogP contribution is 2.41. The number of anilines is 2. The van der Waals surface area contributed by atoms with Gasteiger partial charge in [-0.1, -0.05) is 0 Å². The zero-order chi connectivity index (χ0) is 24.0. The average molecular weight is 491 g/mol. The van der Waals surface area contributed by atoms with E-state index in [0.717, 1.165) is 44.4 Å². The number of ether oxygens (including phenoxy) is 2. The van der Waals surface area contributed by atoms with Crippen molar-refractivity contribution in [3.63, 3.8) is 0 Å². The number of halogens is 1. The van der Waals surface area contributed by atoms with Crippen LogP contribution in [0.1, 0.15) is 44.1 Å². The Hall–Kier alpha value is -2.95. The van der Waals surface area contributed by atoms with Crippen molar-refractivity contribution in [3.05, 3.63) is 35.9 Å². The maximum atomic E-state index is 14.5. The third kappa shape index (κ3) is 4.28. The summed E-state index contributed by atoms with van der Waals surface area (Å²) in [5.41, 5.74) is 0.672. The number of hydrogen-bond donors (Lipinski definition) is 1. The summed E-state index contributed by atoms with van der Waals surface area (Å²) >= 11 is 0. The van der Waals surface area contributed by atoms with Crippen LogP contribution in [-0.2, 0) is 14.6 Å². The molecule has 2 bridgehead atoms. The van der Waals surface area contributed by atoms with Gasteiger partial charge in [-0.3, -0.25) is 4.90 Å². The van der Waals surface area contributed by atoms with Crippen LogP contribution in [0.25, 0.3) is 0 Å².